The van der Waals surface area contributed by atoms with E-state index in [0.717, 1.165) is 56.1 Å². The van der Waals surface area contributed by atoms with Crippen molar-refractivity contribution in [3.8, 4) is 0 Å². The van der Waals surface area contributed by atoms with Gasteiger partial charge in [0.2, 0.25) is 5.91 Å². The lowest BCUT2D eigenvalue weighted by atomic mass is 9.32. The Morgan fingerprint density at radius 2 is 1.58 bits per heavy atom. The Bertz CT molecular complexity index is 2130. The minimum absolute atomic E-state index is 0.0256. The standard InChI is InChI=1S/C52H70N4O6/c1-8-33(30-35(9-2)44(58)55-31-34-14-16-36(17-15-34)45(59)56-32-37-12-11-28-53-43(37)46(60)61)22-29-54-47(62)52-23-10-13-39(52)38-18-19-41-49(5)24-21-42(57)48(3,4)40(49)20-25-51(41,7)50(38,6)26-27-52/h8-9,11-12,14-17,28,30,38-42,57H,2,10,13,18-27,29,31-32H2,1,3-7H3,(H,54,62)(H,55,58)(H,56,59)(H,60,61)/b33-8-,35-30+/t38?,39?,40?,41?,42?,49?,50-,51?,52?/m1/s1. The number of aromatic carboxylic acids is 1. The van der Waals surface area contributed by atoms with Crippen LogP contribution in [0.15, 0.2) is 78.5 Å². The summed E-state index contributed by atoms with van der Waals surface area (Å²) in [5, 5.41) is 29.5. The maximum absolute atomic E-state index is 14.5. The normalized spacial score (nSPS) is 33.8. The largest absolute Gasteiger partial charge is 0.477 e. The molecule has 0 bridgehead atoms. The summed E-state index contributed by atoms with van der Waals surface area (Å²) in [4.78, 5) is 55.8. The zero-order valence-electron chi connectivity index (χ0n) is 37.9. The summed E-state index contributed by atoms with van der Waals surface area (Å²) in [7, 11) is 0. The fraction of sp³-hybridized carbons (Fsp3) is 0.596. The lowest BCUT2D eigenvalue weighted by Crippen LogP contribution is -2.67. The molecule has 5 N–H and O–H groups in total. The molecule has 5 fully saturated rings. The molecule has 9 atom stereocenters. The van der Waals surface area contributed by atoms with Crippen LogP contribution >= 0.6 is 0 Å². The second kappa shape index (κ2) is 17.5. The molecule has 7 rings (SSSR count). The van der Waals surface area contributed by atoms with Gasteiger partial charge in [-0.05, 0) is 158 Å². The van der Waals surface area contributed by atoms with E-state index in [1.54, 1.807) is 42.5 Å². The van der Waals surface area contributed by atoms with Gasteiger partial charge in [0, 0.05) is 42.5 Å². The first kappa shape index (κ1) is 45.5. The minimum Gasteiger partial charge on any atom is -0.477 e. The van der Waals surface area contributed by atoms with E-state index in [0.29, 0.717) is 53.3 Å². The summed E-state index contributed by atoms with van der Waals surface area (Å²) in [5.41, 5.74) is 3.19. The Morgan fingerprint density at radius 1 is 0.823 bits per heavy atom. The van der Waals surface area contributed by atoms with Crippen molar-refractivity contribution in [3.05, 3.63) is 101 Å². The molecule has 1 aromatic carbocycles. The van der Waals surface area contributed by atoms with Gasteiger partial charge in [-0.2, -0.15) is 0 Å². The van der Waals surface area contributed by atoms with Gasteiger partial charge in [-0.15, -0.1) is 0 Å². The predicted molar refractivity (Wildman–Crippen MR) is 242 cm³/mol. The molecule has 0 aliphatic heterocycles. The predicted octanol–water partition coefficient (Wildman–Crippen LogP) is 9.11. The lowest BCUT2D eigenvalue weighted by Gasteiger charge is -2.72. The SMILES string of the molecule is C=C/C(=C\C(=C/C)CCNC(=O)C12CCCC1C1CCC3C4(C)CCC(O)C(C)(C)C4CCC3(C)[C@]1(C)CC2)C(=O)NCc1ccc(C(=O)NCc2cccnc2C(=O)O)cc1. The average molecular weight is 847 g/mol. The number of aromatic nitrogens is 1. The summed E-state index contributed by atoms with van der Waals surface area (Å²) in [6.07, 6.45) is 19.3. The van der Waals surface area contributed by atoms with Crippen molar-refractivity contribution in [2.75, 3.05) is 6.54 Å². The number of aliphatic hydroxyl groups excluding tert-OH is 1. The number of nitrogens with one attached hydrogen (secondary N) is 3. The van der Waals surface area contributed by atoms with Crippen LogP contribution in [0.3, 0.4) is 0 Å². The van der Waals surface area contributed by atoms with Gasteiger partial charge in [0.05, 0.1) is 11.5 Å². The van der Waals surface area contributed by atoms with Gasteiger partial charge in [0.1, 0.15) is 0 Å². The lowest BCUT2D eigenvalue weighted by molar-refractivity contribution is -0.244. The van der Waals surface area contributed by atoms with Gasteiger partial charge in [0.25, 0.3) is 11.8 Å². The number of aliphatic hydroxyl groups is 1. The van der Waals surface area contributed by atoms with Crippen molar-refractivity contribution in [2.45, 2.75) is 138 Å². The van der Waals surface area contributed by atoms with Crippen molar-refractivity contribution in [2.24, 2.45) is 50.7 Å². The number of carbonyl (C=O) groups excluding carboxylic acids is 3. The van der Waals surface area contributed by atoms with Gasteiger partial charge < -0.3 is 26.2 Å². The van der Waals surface area contributed by atoms with Crippen LogP contribution in [0, 0.1) is 50.7 Å². The first-order valence-corrected chi connectivity index (χ1v) is 23.2. The Hall–Kier alpha value is -4.57. The number of rotatable bonds is 13. The molecular weight excluding hydrogens is 777 g/mol. The second-order valence-corrected chi connectivity index (χ2v) is 20.8. The summed E-state index contributed by atoms with van der Waals surface area (Å²) < 4.78 is 0. The maximum atomic E-state index is 14.5. The maximum Gasteiger partial charge on any atom is 0.354 e. The number of carbonyl (C=O) groups is 4. The van der Waals surface area contributed by atoms with Gasteiger partial charge in [-0.1, -0.05) is 78.0 Å². The number of hydrogen-bond acceptors (Lipinski definition) is 6. The van der Waals surface area contributed by atoms with Crippen LogP contribution in [0.2, 0.25) is 0 Å². The van der Waals surface area contributed by atoms with Gasteiger partial charge in [0.15, 0.2) is 5.69 Å². The molecule has 5 saturated carbocycles. The third-order valence-electron chi connectivity index (χ3n) is 17.9. The molecule has 3 amide bonds. The molecule has 1 heterocycles. The van der Waals surface area contributed by atoms with Crippen LogP contribution < -0.4 is 16.0 Å². The molecule has 0 radical (unpaired) electrons. The molecule has 334 valence electrons. The number of carboxylic acids is 1. The smallest absolute Gasteiger partial charge is 0.354 e. The highest BCUT2D eigenvalue weighted by Crippen LogP contribution is 2.76. The van der Waals surface area contributed by atoms with E-state index in [9.17, 15) is 29.4 Å². The fourth-order valence-electron chi connectivity index (χ4n) is 14.3. The Kier molecular flexibility index (Phi) is 12.9. The first-order valence-electron chi connectivity index (χ1n) is 23.2. The molecule has 0 spiro atoms. The van der Waals surface area contributed by atoms with E-state index in [4.69, 9.17) is 0 Å². The van der Waals surface area contributed by atoms with Gasteiger partial charge >= 0.3 is 5.97 Å². The Balaban J connectivity index is 0.922. The number of hydrogen-bond donors (Lipinski definition) is 5. The Labute approximate surface area is 368 Å². The third-order valence-corrected chi connectivity index (χ3v) is 17.9. The Morgan fingerprint density at radius 3 is 2.29 bits per heavy atom. The van der Waals surface area contributed by atoms with E-state index in [2.05, 4.69) is 62.1 Å². The summed E-state index contributed by atoms with van der Waals surface area (Å²) in [5.74, 6) is 0.584. The van der Waals surface area contributed by atoms with Crippen molar-refractivity contribution < 1.29 is 29.4 Å². The van der Waals surface area contributed by atoms with Crippen LogP contribution in [0.1, 0.15) is 151 Å². The number of allylic oxidation sites excluding steroid dienone is 2. The number of amides is 3. The molecule has 5 aliphatic carbocycles. The van der Waals surface area contributed by atoms with E-state index in [1.807, 2.05) is 19.1 Å². The van der Waals surface area contributed by atoms with E-state index >= 15 is 0 Å². The molecule has 2 aromatic rings. The molecule has 10 nitrogen and oxygen atoms in total. The molecule has 62 heavy (non-hydrogen) atoms. The fourth-order valence-corrected chi connectivity index (χ4v) is 14.3. The van der Waals surface area contributed by atoms with Gasteiger partial charge in [-0.25, -0.2) is 9.78 Å². The van der Waals surface area contributed by atoms with Crippen LogP contribution in [-0.4, -0.2) is 51.5 Å². The summed E-state index contributed by atoms with van der Waals surface area (Å²) >= 11 is 0. The average Bonchev–Trinajstić information content (AvgIpc) is 3.70. The highest BCUT2D eigenvalue weighted by Gasteiger charge is 2.70. The summed E-state index contributed by atoms with van der Waals surface area (Å²) in [6, 6.07) is 10.1. The first-order chi connectivity index (χ1) is 29.4. The van der Waals surface area contributed by atoms with Crippen molar-refractivity contribution in [1.29, 1.82) is 0 Å². The summed E-state index contributed by atoms with van der Waals surface area (Å²) in [6.45, 7) is 19.1. The highest BCUT2D eigenvalue weighted by molar-refractivity contribution is 5.97. The molecular formula is C52H70N4O6. The number of fused-ring (bicyclic) bond motifs is 7. The van der Waals surface area contributed by atoms with Crippen molar-refractivity contribution in [1.82, 2.24) is 20.9 Å². The molecule has 0 saturated heterocycles. The zero-order chi connectivity index (χ0) is 44.7. The number of benzene rings is 1. The molecule has 10 heteroatoms. The zero-order valence-corrected chi connectivity index (χ0v) is 37.9. The molecule has 8 unspecified atom stereocenters. The van der Waals surface area contributed by atoms with E-state index < -0.39 is 5.97 Å². The quantitative estimate of drug-likeness (QED) is 0.0994. The second-order valence-electron chi connectivity index (χ2n) is 20.8. The van der Waals surface area contributed by atoms with Crippen LogP contribution in [0.5, 0.6) is 0 Å². The van der Waals surface area contributed by atoms with Crippen molar-refractivity contribution >= 4 is 23.7 Å². The number of pyridine rings is 1. The van der Waals surface area contributed by atoms with Crippen LogP contribution in [0.4, 0.5) is 0 Å². The number of carboxylic acid groups (broad SMARTS) is 1. The van der Waals surface area contributed by atoms with Crippen molar-refractivity contribution in [3.63, 3.8) is 0 Å². The highest BCUT2D eigenvalue weighted by atomic mass is 16.4. The third kappa shape index (κ3) is 7.87. The number of nitrogens with zero attached hydrogens (tertiary/aromatic N) is 1. The molecule has 5 aliphatic rings. The monoisotopic (exact) mass is 847 g/mol. The van der Waals surface area contributed by atoms with E-state index in [1.165, 1.54) is 31.9 Å². The van der Waals surface area contributed by atoms with Crippen LogP contribution in [0.25, 0.3) is 0 Å². The topological polar surface area (TPSA) is 158 Å². The van der Waals surface area contributed by atoms with Gasteiger partial charge in [-0.3, -0.25) is 14.4 Å². The minimum atomic E-state index is -1.16. The van der Waals surface area contributed by atoms with Crippen LogP contribution in [-0.2, 0) is 22.7 Å². The molecule has 1 aromatic heterocycles. The van der Waals surface area contributed by atoms with E-state index in [-0.39, 0.29) is 69.7 Å².